The van der Waals surface area contributed by atoms with Gasteiger partial charge < -0.3 is 10.6 Å². The maximum atomic E-state index is 14.0. The van der Waals surface area contributed by atoms with Gasteiger partial charge in [0.25, 0.3) is 16.0 Å². The predicted octanol–water partition coefficient (Wildman–Crippen LogP) is 8.60. The second kappa shape index (κ2) is 15.2. The SMILES string of the molecule is CC(C)(C)C1CC=C(c2ccc(C(Cc3ccc(C(=O)NCCS(=O)(=O)O)cc3)C(=O)Nc3ccc(C4=Cc5ccccc5C4)cc3)cc2)CC1. The van der Waals surface area contributed by atoms with E-state index < -0.39 is 27.7 Å². The first-order valence-corrected chi connectivity index (χ1v) is 19.2. The van der Waals surface area contributed by atoms with Crippen molar-refractivity contribution in [2.75, 3.05) is 17.6 Å². The van der Waals surface area contributed by atoms with Crippen molar-refractivity contribution in [2.24, 2.45) is 11.3 Å². The topological polar surface area (TPSA) is 113 Å². The van der Waals surface area contributed by atoms with E-state index in [1.54, 1.807) is 12.1 Å². The van der Waals surface area contributed by atoms with Crippen molar-refractivity contribution >= 4 is 44.8 Å². The Hall–Kier alpha value is -4.79. The zero-order valence-corrected chi connectivity index (χ0v) is 30.3. The summed E-state index contributed by atoms with van der Waals surface area (Å²) in [6, 6.07) is 31.7. The Morgan fingerprint density at radius 1 is 0.863 bits per heavy atom. The average Bonchev–Trinajstić information content (AvgIpc) is 3.55. The Morgan fingerprint density at radius 2 is 1.53 bits per heavy atom. The van der Waals surface area contributed by atoms with E-state index >= 15 is 0 Å². The van der Waals surface area contributed by atoms with Crippen molar-refractivity contribution in [3.05, 3.63) is 142 Å². The minimum atomic E-state index is -4.17. The Bertz CT molecular complexity index is 2060. The molecule has 0 radical (unpaired) electrons. The quantitative estimate of drug-likeness (QED) is 0.136. The summed E-state index contributed by atoms with van der Waals surface area (Å²) in [5, 5.41) is 5.66. The van der Waals surface area contributed by atoms with Gasteiger partial charge in [0.1, 0.15) is 0 Å². The lowest BCUT2D eigenvalue weighted by Gasteiger charge is -2.33. The molecule has 0 fully saturated rings. The van der Waals surface area contributed by atoms with E-state index in [0.29, 0.717) is 17.9 Å². The smallest absolute Gasteiger partial charge is 0.266 e. The normalized spacial score (nSPS) is 16.4. The number of hydrogen-bond donors (Lipinski definition) is 3. The molecule has 2 unspecified atom stereocenters. The number of anilines is 1. The van der Waals surface area contributed by atoms with Crippen LogP contribution in [-0.4, -0.2) is 37.1 Å². The number of rotatable bonds is 11. The maximum absolute atomic E-state index is 14.0. The standard InChI is InChI=1S/C43H46N2O5S/c1-43(2,3)38-20-16-31(17-21-38)30-12-14-33(15-13-30)40(26-29-8-10-34(11-9-29)41(46)44-24-25-51(48,49)50)42(47)45-39-22-18-32(19-23-39)37-27-35-6-4-5-7-36(35)28-37/h4-16,18-19,22-23,27,38,40H,17,20-21,24-26,28H2,1-3H3,(H,44,46)(H,45,47)(H,48,49,50). The van der Waals surface area contributed by atoms with Crippen LogP contribution in [0.1, 0.15) is 89.7 Å². The molecule has 51 heavy (non-hydrogen) atoms. The van der Waals surface area contributed by atoms with Crippen molar-refractivity contribution < 1.29 is 22.6 Å². The minimum Gasteiger partial charge on any atom is -0.351 e. The number of nitrogens with one attached hydrogen (secondary N) is 2. The molecular weight excluding hydrogens is 657 g/mol. The van der Waals surface area contributed by atoms with E-state index in [4.69, 9.17) is 4.55 Å². The van der Waals surface area contributed by atoms with Gasteiger partial charge in [-0.1, -0.05) is 106 Å². The molecule has 0 bridgehead atoms. The molecule has 0 spiro atoms. The van der Waals surface area contributed by atoms with E-state index in [0.717, 1.165) is 41.6 Å². The number of hydrogen-bond acceptors (Lipinski definition) is 4. The monoisotopic (exact) mass is 702 g/mol. The maximum Gasteiger partial charge on any atom is 0.266 e. The highest BCUT2D eigenvalue weighted by Gasteiger charge is 2.27. The van der Waals surface area contributed by atoms with E-state index in [-0.39, 0.29) is 17.9 Å². The van der Waals surface area contributed by atoms with Gasteiger partial charge in [0, 0.05) is 17.8 Å². The largest absolute Gasteiger partial charge is 0.351 e. The summed E-state index contributed by atoms with van der Waals surface area (Å²) in [5.74, 6) is -0.953. The average molecular weight is 703 g/mol. The van der Waals surface area contributed by atoms with Crippen molar-refractivity contribution in [3.8, 4) is 0 Å². The fourth-order valence-corrected chi connectivity index (χ4v) is 7.42. The lowest BCUT2D eigenvalue weighted by atomic mass is 9.72. The summed E-state index contributed by atoms with van der Waals surface area (Å²) >= 11 is 0. The molecule has 0 heterocycles. The molecule has 3 N–H and O–H groups in total. The molecule has 2 aliphatic carbocycles. The van der Waals surface area contributed by atoms with Gasteiger partial charge in [-0.05, 0) is 112 Å². The van der Waals surface area contributed by atoms with Crippen molar-refractivity contribution in [2.45, 2.75) is 58.8 Å². The molecule has 4 aromatic carbocycles. The van der Waals surface area contributed by atoms with Crippen LogP contribution >= 0.6 is 0 Å². The first kappa shape index (κ1) is 36.0. The fraction of sp³-hybridized carbons (Fsp3) is 0.302. The molecule has 0 saturated carbocycles. The van der Waals surface area contributed by atoms with Crippen LogP contribution in [0.3, 0.4) is 0 Å². The predicted molar refractivity (Wildman–Crippen MR) is 206 cm³/mol. The summed E-state index contributed by atoms with van der Waals surface area (Å²) in [6.45, 7) is 6.74. The van der Waals surface area contributed by atoms with Crippen molar-refractivity contribution in [1.82, 2.24) is 5.32 Å². The van der Waals surface area contributed by atoms with E-state index in [1.165, 1.54) is 34.3 Å². The number of carbonyl (C=O) groups is 2. The van der Waals surface area contributed by atoms with Gasteiger partial charge in [0.05, 0.1) is 11.7 Å². The fourth-order valence-electron chi connectivity index (χ4n) is 7.06. The Morgan fingerprint density at radius 3 is 2.16 bits per heavy atom. The molecule has 0 saturated heterocycles. The number of amides is 2. The van der Waals surface area contributed by atoms with Gasteiger partial charge in [-0.25, -0.2) is 0 Å². The molecule has 7 nitrogen and oxygen atoms in total. The molecule has 2 aliphatic rings. The molecule has 4 aromatic rings. The van der Waals surface area contributed by atoms with E-state index in [1.807, 2.05) is 24.3 Å². The summed E-state index contributed by atoms with van der Waals surface area (Å²) in [4.78, 5) is 26.6. The van der Waals surface area contributed by atoms with Gasteiger partial charge in [0.15, 0.2) is 0 Å². The van der Waals surface area contributed by atoms with Gasteiger partial charge in [-0.15, -0.1) is 0 Å². The third-order valence-corrected chi connectivity index (χ3v) is 10.9. The molecule has 2 amide bonds. The van der Waals surface area contributed by atoms with Crippen molar-refractivity contribution in [3.63, 3.8) is 0 Å². The van der Waals surface area contributed by atoms with Crippen LogP contribution in [0, 0.1) is 11.3 Å². The Kier molecular flexibility index (Phi) is 10.7. The third kappa shape index (κ3) is 9.31. The highest BCUT2D eigenvalue weighted by atomic mass is 32.2. The molecular formula is C43H46N2O5S. The summed E-state index contributed by atoms with van der Waals surface area (Å²) in [6.07, 6.45) is 9.18. The molecule has 8 heteroatoms. The second-order valence-electron chi connectivity index (χ2n) is 14.8. The van der Waals surface area contributed by atoms with Crippen LogP contribution in [0.2, 0.25) is 0 Å². The van der Waals surface area contributed by atoms with E-state index in [9.17, 15) is 18.0 Å². The lowest BCUT2D eigenvalue weighted by molar-refractivity contribution is -0.117. The number of benzene rings is 4. The molecule has 264 valence electrons. The van der Waals surface area contributed by atoms with Crippen LogP contribution in [-0.2, 0) is 27.8 Å². The lowest BCUT2D eigenvalue weighted by Crippen LogP contribution is -2.28. The van der Waals surface area contributed by atoms with Gasteiger partial charge in [-0.3, -0.25) is 14.1 Å². The van der Waals surface area contributed by atoms with Gasteiger partial charge in [0.2, 0.25) is 5.91 Å². The summed E-state index contributed by atoms with van der Waals surface area (Å²) < 4.78 is 30.9. The molecule has 0 aromatic heterocycles. The summed E-state index contributed by atoms with van der Waals surface area (Å²) in [5.41, 5.74) is 10.6. The highest BCUT2D eigenvalue weighted by Crippen LogP contribution is 2.40. The second-order valence-corrected chi connectivity index (χ2v) is 16.4. The Labute approximate surface area is 301 Å². The number of carbonyl (C=O) groups excluding carboxylic acids is 2. The van der Waals surface area contributed by atoms with Crippen LogP contribution in [0.4, 0.5) is 5.69 Å². The van der Waals surface area contributed by atoms with E-state index in [2.05, 4.69) is 104 Å². The third-order valence-electron chi connectivity index (χ3n) is 10.2. The number of allylic oxidation sites excluding steroid dienone is 3. The summed E-state index contributed by atoms with van der Waals surface area (Å²) in [7, 11) is -4.17. The molecule has 2 atom stereocenters. The molecule has 0 aliphatic heterocycles. The van der Waals surface area contributed by atoms with Crippen molar-refractivity contribution in [1.29, 1.82) is 0 Å². The first-order valence-electron chi connectivity index (χ1n) is 17.6. The first-order chi connectivity index (χ1) is 24.3. The minimum absolute atomic E-state index is 0.125. The zero-order chi connectivity index (χ0) is 36.2. The Balaban J connectivity index is 1.18. The zero-order valence-electron chi connectivity index (χ0n) is 29.5. The molecule has 6 rings (SSSR count). The van der Waals surface area contributed by atoms with Crippen LogP contribution in [0.25, 0.3) is 17.2 Å². The highest BCUT2D eigenvalue weighted by molar-refractivity contribution is 7.85. The van der Waals surface area contributed by atoms with Crippen LogP contribution in [0.5, 0.6) is 0 Å². The van der Waals surface area contributed by atoms with Gasteiger partial charge >= 0.3 is 0 Å². The number of fused-ring (bicyclic) bond motifs is 1. The van der Waals surface area contributed by atoms with Gasteiger partial charge in [-0.2, -0.15) is 8.42 Å². The van der Waals surface area contributed by atoms with Crippen LogP contribution < -0.4 is 10.6 Å². The van der Waals surface area contributed by atoms with Crippen LogP contribution in [0.15, 0.2) is 103 Å².